The lowest BCUT2D eigenvalue weighted by Crippen LogP contribution is -2.17. The molecule has 1 N–H and O–H groups in total. The summed E-state index contributed by atoms with van der Waals surface area (Å²) < 4.78 is 54.3. The van der Waals surface area contributed by atoms with Crippen molar-refractivity contribution >= 4 is 5.65 Å². The Balaban J connectivity index is 2.58. The maximum Gasteiger partial charge on any atom is 0.269 e. The first kappa shape index (κ1) is 4.74. The maximum absolute atomic E-state index is 12.6. The number of H-pyrrole nitrogens is 1. The van der Waals surface area contributed by atoms with Crippen LogP contribution in [0.3, 0.4) is 0 Å². The standard InChI is InChI=1S/C10H8N6O/c1-6-3-2-4-16-9(6)11-5-7(10(16)17)8-12-14-15-13-8/h2-5H,1H3,(H,12,13,14,15)/i1D3,2D,3D,4D,5D. The van der Waals surface area contributed by atoms with Crippen LogP contribution >= 0.6 is 0 Å². The van der Waals surface area contributed by atoms with Gasteiger partial charge in [0.25, 0.3) is 5.56 Å². The second kappa shape index (κ2) is 3.48. The number of hydrogen-bond donors (Lipinski definition) is 1. The monoisotopic (exact) mass is 235 g/mol. The maximum atomic E-state index is 12.6. The number of rotatable bonds is 1. The van der Waals surface area contributed by atoms with Crippen molar-refractivity contribution in [3.63, 3.8) is 0 Å². The normalized spacial score (nSPS) is 17.5. The van der Waals surface area contributed by atoms with E-state index in [1.807, 2.05) is 0 Å². The van der Waals surface area contributed by atoms with E-state index in [0.29, 0.717) is 4.40 Å². The fourth-order valence-corrected chi connectivity index (χ4v) is 1.30. The van der Waals surface area contributed by atoms with Crippen LogP contribution in [0.15, 0.2) is 29.2 Å². The quantitative estimate of drug-likeness (QED) is 0.650. The second-order valence-electron chi connectivity index (χ2n) is 3.03. The molecule has 0 aromatic carbocycles. The third-order valence-corrected chi connectivity index (χ3v) is 2.05. The van der Waals surface area contributed by atoms with Crippen LogP contribution in [0.25, 0.3) is 17.0 Å². The Kier molecular flexibility index (Phi) is 0.970. The molecule has 0 aliphatic carbocycles. The first-order valence-corrected chi connectivity index (χ1v) is 4.42. The van der Waals surface area contributed by atoms with Crippen molar-refractivity contribution in [1.29, 1.82) is 0 Å². The summed E-state index contributed by atoms with van der Waals surface area (Å²) in [5.74, 6) is -0.247. The average Bonchev–Trinajstić information content (AvgIpc) is 2.97. The molecule has 17 heavy (non-hydrogen) atoms. The molecule has 0 radical (unpaired) electrons. The molecule has 0 fully saturated rings. The van der Waals surface area contributed by atoms with Gasteiger partial charge >= 0.3 is 0 Å². The number of aromatic nitrogens is 6. The minimum atomic E-state index is -2.86. The van der Waals surface area contributed by atoms with Crippen molar-refractivity contribution in [2.24, 2.45) is 0 Å². The highest BCUT2D eigenvalue weighted by atomic mass is 16.1. The molecule has 3 rings (SSSR count). The lowest BCUT2D eigenvalue weighted by atomic mass is 10.2. The Morgan fingerprint density at radius 1 is 1.59 bits per heavy atom. The Morgan fingerprint density at radius 3 is 3.29 bits per heavy atom. The van der Waals surface area contributed by atoms with Crippen LogP contribution in [-0.4, -0.2) is 30.0 Å². The van der Waals surface area contributed by atoms with Gasteiger partial charge in [-0.3, -0.25) is 9.20 Å². The molecule has 7 heteroatoms. The number of fused-ring (bicyclic) bond motifs is 1. The highest BCUT2D eigenvalue weighted by Gasteiger charge is 2.11. The highest BCUT2D eigenvalue weighted by molar-refractivity contribution is 5.55. The van der Waals surface area contributed by atoms with Crippen molar-refractivity contribution < 1.29 is 9.60 Å². The molecule has 0 atom stereocenters. The van der Waals surface area contributed by atoms with Crippen LogP contribution in [0.4, 0.5) is 0 Å². The predicted octanol–water partition coefficient (Wildman–Crippen LogP) is 0.183. The lowest BCUT2D eigenvalue weighted by Gasteiger charge is -2.03. The summed E-state index contributed by atoms with van der Waals surface area (Å²) in [6.07, 6.45) is -1.34. The first-order valence-electron chi connectivity index (χ1n) is 7.92. The zero-order valence-electron chi connectivity index (χ0n) is 15.1. The van der Waals surface area contributed by atoms with Gasteiger partial charge in [0, 0.05) is 16.5 Å². The van der Waals surface area contributed by atoms with Crippen molar-refractivity contribution in [3.8, 4) is 11.4 Å². The second-order valence-corrected chi connectivity index (χ2v) is 3.03. The van der Waals surface area contributed by atoms with Crippen molar-refractivity contribution in [2.45, 2.75) is 6.85 Å². The third-order valence-electron chi connectivity index (χ3n) is 2.05. The Morgan fingerprint density at radius 2 is 2.53 bits per heavy atom. The fraction of sp³-hybridized carbons (Fsp3) is 0.100. The van der Waals surface area contributed by atoms with Crippen LogP contribution in [0.5, 0.6) is 0 Å². The zero-order chi connectivity index (χ0) is 17.8. The summed E-state index contributed by atoms with van der Waals surface area (Å²) in [5.41, 5.74) is -2.60. The summed E-state index contributed by atoms with van der Waals surface area (Å²) in [7, 11) is 0. The number of aromatic amines is 1. The third kappa shape index (κ3) is 1.40. The van der Waals surface area contributed by atoms with Crippen LogP contribution in [0.2, 0.25) is 0 Å². The highest BCUT2D eigenvalue weighted by Crippen LogP contribution is 2.09. The van der Waals surface area contributed by atoms with Crippen LogP contribution in [0, 0.1) is 6.85 Å². The molecule has 3 aromatic heterocycles. The predicted molar refractivity (Wildman–Crippen MR) is 59.4 cm³/mol. The van der Waals surface area contributed by atoms with Gasteiger partial charge in [-0.05, 0) is 23.7 Å². The van der Waals surface area contributed by atoms with Gasteiger partial charge in [-0.25, -0.2) is 4.98 Å². The zero-order valence-corrected chi connectivity index (χ0v) is 8.14. The van der Waals surface area contributed by atoms with E-state index in [4.69, 9.17) is 9.60 Å². The SMILES string of the molecule is [2H]c1nc2c(C([2H])([2H])[2H])c([2H])c([2H])c([2H])n2c(=O)c1-c1nn[nH]n1. The average molecular weight is 235 g/mol. The topological polar surface area (TPSA) is 88.8 Å². The molecule has 3 aromatic rings. The van der Waals surface area contributed by atoms with Gasteiger partial charge in [-0.1, -0.05) is 6.04 Å². The van der Waals surface area contributed by atoms with E-state index in [0.717, 1.165) is 0 Å². The summed E-state index contributed by atoms with van der Waals surface area (Å²) in [4.78, 5) is 16.4. The van der Waals surface area contributed by atoms with Gasteiger partial charge in [0.1, 0.15) is 11.2 Å². The molecule has 0 saturated carbocycles. The number of nitrogens with zero attached hydrogens (tertiary/aromatic N) is 5. The molecular formula is C10H8N6O. The molecule has 0 unspecified atom stereocenters. The van der Waals surface area contributed by atoms with Gasteiger partial charge in [0.05, 0.1) is 5.48 Å². The molecule has 0 spiro atoms. The molecular weight excluding hydrogens is 220 g/mol. The van der Waals surface area contributed by atoms with Crippen molar-refractivity contribution in [2.75, 3.05) is 0 Å². The summed E-state index contributed by atoms with van der Waals surface area (Å²) in [6, 6.07) is -1.48. The van der Waals surface area contributed by atoms with Gasteiger partial charge in [-0.15, -0.1) is 10.2 Å². The van der Waals surface area contributed by atoms with Gasteiger partial charge in [0.2, 0.25) is 5.82 Å². The van der Waals surface area contributed by atoms with Crippen molar-refractivity contribution in [3.05, 3.63) is 40.3 Å². The Bertz CT molecular complexity index is 1010. The van der Waals surface area contributed by atoms with Gasteiger partial charge in [0.15, 0.2) is 0 Å². The van der Waals surface area contributed by atoms with E-state index >= 15 is 0 Å². The summed E-state index contributed by atoms with van der Waals surface area (Å²) >= 11 is 0. The number of tetrazole rings is 1. The molecule has 0 bridgehead atoms. The van der Waals surface area contributed by atoms with Crippen LogP contribution in [0.1, 0.15) is 15.2 Å². The molecule has 3 heterocycles. The first-order chi connectivity index (χ1) is 11.1. The summed E-state index contributed by atoms with van der Waals surface area (Å²) in [5, 5.41) is 12.5. The molecule has 0 amide bonds. The number of pyridine rings is 1. The molecule has 7 nitrogen and oxygen atoms in total. The number of nitrogens with one attached hydrogen (secondary N) is 1. The number of aryl methyl sites for hydroxylation is 1. The van der Waals surface area contributed by atoms with E-state index < -0.39 is 53.6 Å². The molecule has 84 valence electrons. The summed E-state index contributed by atoms with van der Waals surface area (Å²) in [6.45, 7) is -2.86. The number of hydrogen-bond acceptors (Lipinski definition) is 5. The smallest absolute Gasteiger partial charge is 0.268 e. The largest absolute Gasteiger partial charge is 0.269 e. The minimum Gasteiger partial charge on any atom is -0.268 e. The van der Waals surface area contributed by atoms with Gasteiger partial charge < -0.3 is 0 Å². The van der Waals surface area contributed by atoms with E-state index in [2.05, 4.69) is 25.6 Å². The van der Waals surface area contributed by atoms with Crippen LogP contribution in [-0.2, 0) is 0 Å². The Hall–Kier alpha value is -2.57. The molecule has 0 aliphatic heterocycles. The van der Waals surface area contributed by atoms with E-state index in [9.17, 15) is 4.79 Å². The Labute approximate surface area is 105 Å². The minimum absolute atomic E-state index is 0.247. The molecule has 0 aliphatic rings. The fourth-order valence-electron chi connectivity index (χ4n) is 1.30. The van der Waals surface area contributed by atoms with Crippen LogP contribution < -0.4 is 5.56 Å². The van der Waals surface area contributed by atoms with Gasteiger partial charge in [-0.2, -0.15) is 5.21 Å². The molecule has 0 saturated heterocycles. The van der Waals surface area contributed by atoms with E-state index in [-0.39, 0.29) is 5.82 Å². The van der Waals surface area contributed by atoms with Crippen molar-refractivity contribution in [1.82, 2.24) is 30.0 Å². The van der Waals surface area contributed by atoms with E-state index in [1.54, 1.807) is 0 Å². The van der Waals surface area contributed by atoms with E-state index in [1.165, 1.54) is 0 Å². The lowest BCUT2D eigenvalue weighted by molar-refractivity contribution is 0.881.